The van der Waals surface area contributed by atoms with Gasteiger partial charge in [-0.15, -0.1) is 0 Å². The van der Waals surface area contributed by atoms with E-state index in [9.17, 15) is 9.90 Å². The Labute approximate surface area is 73.0 Å². The first-order valence-corrected chi connectivity index (χ1v) is 4.99. The highest BCUT2D eigenvalue weighted by atomic mass is 16.4. The van der Waals surface area contributed by atoms with Gasteiger partial charge in [0, 0.05) is 0 Å². The Bertz CT molecular complexity index is 200. The lowest BCUT2D eigenvalue weighted by Gasteiger charge is -2.35. The third-order valence-corrected chi connectivity index (χ3v) is 3.81. The summed E-state index contributed by atoms with van der Waals surface area (Å²) in [7, 11) is 0. The number of carboxylic acid groups (broad SMARTS) is 1. The van der Waals surface area contributed by atoms with Crippen LogP contribution in [0.25, 0.3) is 0 Å². The molecule has 2 aliphatic rings. The maximum Gasteiger partial charge on any atom is 0.309 e. The summed E-state index contributed by atoms with van der Waals surface area (Å²) in [6.07, 6.45) is 7.71. The van der Waals surface area contributed by atoms with E-state index in [0.29, 0.717) is 5.92 Å². The molecule has 2 saturated carbocycles. The molecule has 0 unspecified atom stereocenters. The highest BCUT2D eigenvalue weighted by molar-refractivity contribution is 5.75. The molecule has 68 valence electrons. The van der Waals surface area contributed by atoms with E-state index >= 15 is 0 Å². The molecule has 0 aromatic carbocycles. The molecule has 0 heterocycles. The molecular weight excluding hydrogens is 152 g/mol. The lowest BCUT2D eigenvalue weighted by atomic mass is 9.68. The van der Waals surface area contributed by atoms with Crippen molar-refractivity contribution in [3.05, 3.63) is 0 Å². The monoisotopic (exact) mass is 168 g/mol. The topological polar surface area (TPSA) is 37.3 Å². The van der Waals surface area contributed by atoms with Gasteiger partial charge in [0.05, 0.1) is 5.41 Å². The molecule has 12 heavy (non-hydrogen) atoms. The van der Waals surface area contributed by atoms with Crippen LogP contribution >= 0.6 is 0 Å². The van der Waals surface area contributed by atoms with Crippen LogP contribution in [0.1, 0.15) is 44.9 Å². The fourth-order valence-electron chi connectivity index (χ4n) is 3.11. The molecule has 0 radical (unpaired) electrons. The van der Waals surface area contributed by atoms with E-state index in [1.54, 1.807) is 0 Å². The second kappa shape index (κ2) is 2.75. The predicted molar refractivity (Wildman–Crippen MR) is 45.9 cm³/mol. The van der Waals surface area contributed by atoms with Gasteiger partial charge in [0.25, 0.3) is 0 Å². The van der Waals surface area contributed by atoms with Crippen LogP contribution in [0.15, 0.2) is 0 Å². The number of carbonyl (C=O) groups is 1. The van der Waals surface area contributed by atoms with Crippen molar-refractivity contribution in [2.75, 3.05) is 0 Å². The number of carboxylic acids is 1. The standard InChI is InChI=1S/C10H16O2/c11-9(12)10-6-2-1-4-8(10)5-3-7-10/h8H,1-7H2,(H,11,12)/t8-,10-/m0/s1. The molecule has 2 rings (SSSR count). The van der Waals surface area contributed by atoms with Crippen molar-refractivity contribution < 1.29 is 9.90 Å². The molecule has 0 saturated heterocycles. The summed E-state index contributed by atoms with van der Waals surface area (Å²) in [6.45, 7) is 0. The van der Waals surface area contributed by atoms with Gasteiger partial charge in [-0.25, -0.2) is 0 Å². The van der Waals surface area contributed by atoms with Crippen LogP contribution in [0, 0.1) is 11.3 Å². The van der Waals surface area contributed by atoms with E-state index in [1.807, 2.05) is 0 Å². The Hall–Kier alpha value is -0.530. The summed E-state index contributed by atoms with van der Waals surface area (Å²) in [5.41, 5.74) is -0.293. The van der Waals surface area contributed by atoms with E-state index < -0.39 is 5.97 Å². The third kappa shape index (κ3) is 0.970. The van der Waals surface area contributed by atoms with Crippen LogP contribution in [0.5, 0.6) is 0 Å². The van der Waals surface area contributed by atoms with Crippen LogP contribution in [0.3, 0.4) is 0 Å². The summed E-state index contributed by atoms with van der Waals surface area (Å²) in [6, 6.07) is 0. The molecule has 0 spiro atoms. The highest BCUT2D eigenvalue weighted by Crippen LogP contribution is 2.52. The minimum Gasteiger partial charge on any atom is -0.481 e. The zero-order valence-electron chi connectivity index (χ0n) is 7.38. The molecule has 2 heteroatoms. The van der Waals surface area contributed by atoms with E-state index in [-0.39, 0.29) is 5.41 Å². The number of hydrogen-bond donors (Lipinski definition) is 1. The lowest BCUT2D eigenvalue weighted by Crippen LogP contribution is -2.37. The van der Waals surface area contributed by atoms with Gasteiger partial charge in [0.2, 0.25) is 0 Å². The zero-order valence-corrected chi connectivity index (χ0v) is 7.38. The summed E-state index contributed by atoms with van der Waals surface area (Å²) in [4.78, 5) is 11.2. The molecule has 0 amide bonds. The Kier molecular flexibility index (Phi) is 1.85. The van der Waals surface area contributed by atoms with Crippen LogP contribution in [-0.2, 0) is 4.79 Å². The van der Waals surface area contributed by atoms with Crippen molar-refractivity contribution in [2.24, 2.45) is 11.3 Å². The van der Waals surface area contributed by atoms with Crippen LogP contribution in [0.2, 0.25) is 0 Å². The molecule has 1 N–H and O–H groups in total. The summed E-state index contributed by atoms with van der Waals surface area (Å²) in [5.74, 6) is -0.0200. The minimum absolute atomic E-state index is 0.293. The molecule has 0 bridgehead atoms. The molecule has 2 atom stereocenters. The van der Waals surface area contributed by atoms with Gasteiger partial charge in [-0.2, -0.15) is 0 Å². The summed E-state index contributed by atoms with van der Waals surface area (Å²) < 4.78 is 0. The van der Waals surface area contributed by atoms with Gasteiger partial charge >= 0.3 is 5.97 Å². The number of hydrogen-bond acceptors (Lipinski definition) is 1. The number of rotatable bonds is 1. The maximum absolute atomic E-state index is 11.2. The smallest absolute Gasteiger partial charge is 0.309 e. The molecule has 0 aromatic heterocycles. The minimum atomic E-state index is -0.523. The van der Waals surface area contributed by atoms with Crippen LogP contribution in [-0.4, -0.2) is 11.1 Å². The number of fused-ring (bicyclic) bond motifs is 1. The van der Waals surface area contributed by atoms with E-state index in [1.165, 1.54) is 6.42 Å². The number of aliphatic carboxylic acids is 1. The Balaban J connectivity index is 2.23. The molecule has 2 aliphatic carbocycles. The second-order valence-corrected chi connectivity index (χ2v) is 4.30. The fraction of sp³-hybridized carbons (Fsp3) is 0.900. The predicted octanol–water partition coefficient (Wildman–Crippen LogP) is 2.43. The molecule has 2 fully saturated rings. The van der Waals surface area contributed by atoms with Crippen molar-refractivity contribution in [1.82, 2.24) is 0 Å². The highest BCUT2D eigenvalue weighted by Gasteiger charge is 2.49. The van der Waals surface area contributed by atoms with E-state index in [0.717, 1.165) is 38.5 Å². The van der Waals surface area contributed by atoms with Crippen molar-refractivity contribution in [2.45, 2.75) is 44.9 Å². The lowest BCUT2D eigenvalue weighted by molar-refractivity contribution is -0.153. The average Bonchev–Trinajstić information content (AvgIpc) is 2.48. The van der Waals surface area contributed by atoms with Gasteiger partial charge in [0.15, 0.2) is 0 Å². The van der Waals surface area contributed by atoms with Gasteiger partial charge < -0.3 is 5.11 Å². The van der Waals surface area contributed by atoms with Crippen molar-refractivity contribution in [3.8, 4) is 0 Å². The van der Waals surface area contributed by atoms with Crippen molar-refractivity contribution in [3.63, 3.8) is 0 Å². The van der Waals surface area contributed by atoms with E-state index in [4.69, 9.17) is 0 Å². The van der Waals surface area contributed by atoms with Crippen molar-refractivity contribution >= 4 is 5.97 Å². The van der Waals surface area contributed by atoms with Gasteiger partial charge in [-0.05, 0) is 31.6 Å². The Morgan fingerprint density at radius 2 is 1.83 bits per heavy atom. The van der Waals surface area contributed by atoms with E-state index in [2.05, 4.69) is 0 Å². The third-order valence-electron chi connectivity index (χ3n) is 3.81. The summed E-state index contributed by atoms with van der Waals surface area (Å²) >= 11 is 0. The molecule has 0 aromatic rings. The zero-order chi connectivity index (χ0) is 8.60. The first-order valence-electron chi connectivity index (χ1n) is 4.99. The van der Waals surface area contributed by atoms with Gasteiger partial charge in [-0.1, -0.05) is 19.3 Å². The van der Waals surface area contributed by atoms with Gasteiger partial charge in [0.1, 0.15) is 0 Å². The largest absolute Gasteiger partial charge is 0.481 e. The van der Waals surface area contributed by atoms with Crippen LogP contribution in [0.4, 0.5) is 0 Å². The fourth-order valence-corrected chi connectivity index (χ4v) is 3.11. The van der Waals surface area contributed by atoms with Crippen LogP contribution < -0.4 is 0 Å². The molecule has 0 aliphatic heterocycles. The first kappa shape index (κ1) is 8.09. The SMILES string of the molecule is O=C(O)[C@]12CCCC[C@H]1CCC2. The first-order chi connectivity index (χ1) is 5.76. The Morgan fingerprint density at radius 3 is 2.50 bits per heavy atom. The maximum atomic E-state index is 11.2. The van der Waals surface area contributed by atoms with Gasteiger partial charge in [-0.3, -0.25) is 4.79 Å². The second-order valence-electron chi connectivity index (χ2n) is 4.30. The normalized spacial score (nSPS) is 40.8. The van der Waals surface area contributed by atoms with Crippen molar-refractivity contribution in [1.29, 1.82) is 0 Å². The average molecular weight is 168 g/mol. The Morgan fingerprint density at radius 1 is 1.17 bits per heavy atom. The summed E-state index contributed by atoms with van der Waals surface area (Å²) in [5, 5.41) is 9.20. The quantitative estimate of drug-likeness (QED) is 0.653. The molecular formula is C10H16O2. The molecule has 2 nitrogen and oxygen atoms in total.